The molecule has 6 heteroatoms. The monoisotopic (exact) mass is 342 g/mol. The number of rotatable bonds is 6. The zero-order chi connectivity index (χ0) is 16.0. The summed E-state index contributed by atoms with van der Waals surface area (Å²) >= 11 is 0. The van der Waals surface area contributed by atoms with Crippen LogP contribution in [0, 0.1) is 5.41 Å². The number of amides is 1. The van der Waals surface area contributed by atoms with Crippen molar-refractivity contribution in [1.29, 1.82) is 0 Å². The Bertz CT molecular complexity index is 480. The van der Waals surface area contributed by atoms with E-state index < -0.39 is 11.5 Å². The van der Waals surface area contributed by atoms with Gasteiger partial charge in [-0.3, -0.25) is 4.79 Å². The first-order chi connectivity index (χ1) is 10.6. The van der Waals surface area contributed by atoms with Crippen LogP contribution in [0.3, 0.4) is 0 Å². The number of piperidine rings is 1. The number of hydrogen-bond donors (Lipinski definition) is 3. The first kappa shape index (κ1) is 19.9. The van der Waals surface area contributed by atoms with Gasteiger partial charge in [-0.1, -0.05) is 24.3 Å². The van der Waals surface area contributed by atoms with E-state index in [2.05, 4.69) is 10.6 Å². The molecule has 0 aromatic heterocycles. The highest BCUT2D eigenvalue weighted by Gasteiger charge is 2.39. The molecule has 2 rings (SSSR count). The third-order valence-corrected chi connectivity index (χ3v) is 4.38. The van der Waals surface area contributed by atoms with Crippen molar-refractivity contribution < 1.29 is 14.6 Å². The number of methoxy groups -OCH3 is 1. The fraction of sp³-hybridized carbons (Fsp3) is 0.588. The zero-order valence-electron chi connectivity index (χ0n) is 13.8. The lowest BCUT2D eigenvalue weighted by atomic mass is 9.78. The van der Waals surface area contributed by atoms with Gasteiger partial charge in [-0.15, -0.1) is 12.4 Å². The Kier molecular flexibility index (Phi) is 7.99. The molecule has 1 aliphatic heterocycles. The number of carbonyl (C=O) groups excluding carboxylic acids is 1. The second kappa shape index (κ2) is 9.23. The van der Waals surface area contributed by atoms with Crippen LogP contribution < -0.4 is 10.6 Å². The van der Waals surface area contributed by atoms with E-state index in [0.717, 1.165) is 37.1 Å². The van der Waals surface area contributed by atoms with Gasteiger partial charge in [-0.05, 0) is 44.0 Å². The molecule has 1 fully saturated rings. The van der Waals surface area contributed by atoms with Crippen molar-refractivity contribution in [2.75, 3.05) is 26.8 Å². The number of carbonyl (C=O) groups is 1. The molecular weight excluding hydrogens is 316 g/mol. The van der Waals surface area contributed by atoms with Gasteiger partial charge in [0.25, 0.3) is 0 Å². The molecule has 1 aliphatic rings. The molecule has 0 aliphatic carbocycles. The highest BCUT2D eigenvalue weighted by molar-refractivity contribution is 5.85. The highest BCUT2D eigenvalue weighted by atomic mass is 35.5. The third kappa shape index (κ3) is 5.18. The Hall–Kier alpha value is -1.14. The summed E-state index contributed by atoms with van der Waals surface area (Å²) in [6.45, 7) is 4.39. The summed E-state index contributed by atoms with van der Waals surface area (Å²) in [7, 11) is 1.64. The van der Waals surface area contributed by atoms with E-state index in [1.807, 2.05) is 24.3 Å². The number of aliphatic hydroxyl groups is 1. The SMILES string of the molecule is COCC1(C(=O)NCc2ccc(C(C)O)cc2)CCNCC1.Cl. The van der Waals surface area contributed by atoms with Crippen LogP contribution in [0.25, 0.3) is 0 Å². The standard InChI is InChI=1S/C17H26N2O3.ClH/c1-13(20)15-5-3-14(4-6-15)11-19-16(21)17(12-22-2)7-9-18-10-8-17;/h3-6,13,18,20H,7-12H2,1-2H3,(H,19,21);1H. The van der Waals surface area contributed by atoms with Gasteiger partial charge in [0.2, 0.25) is 5.91 Å². The summed E-state index contributed by atoms with van der Waals surface area (Å²) in [4.78, 5) is 12.6. The van der Waals surface area contributed by atoms with Crippen molar-refractivity contribution >= 4 is 18.3 Å². The van der Waals surface area contributed by atoms with Gasteiger partial charge >= 0.3 is 0 Å². The molecule has 23 heavy (non-hydrogen) atoms. The summed E-state index contributed by atoms with van der Waals surface area (Å²) in [5.41, 5.74) is 1.49. The maximum Gasteiger partial charge on any atom is 0.228 e. The lowest BCUT2D eigenvalue weighted by Crippen LogP contribution is -2.49. The van der Waals surface area contributed by atoms with Gasteiger partial charge in [0.1, 0.15) is 0 Å². The molecule has 1 atom stereocenters. The molecular formula is C17H27ClN2O3. The fourth-order valence-corrected chi connectivity index (χ4v) is 2.90. The number of nitrogens with one attached hydrogen (secondary N) is 2. The van der Waals surface area contributed by atoms with E-state index >= 15 is 0 Å². The molecule has 1 heterocycles. The maximum atomic E-state index is 12.6. The number of aliphatic hydroxyl groups excluding tert-OH is 1. The highest BCUT2D eigenvalue weighted by Crippen LogP contribution is 2.29. The molecule has 1 aromatic rings. The summed E-state index contributed by atoms with van der Waals surface area (Å²) in [5.74, 6) is 0.0652. The van der Waals surface area contributed by atoms with Gasteiger partial charge in [0.05, 0.1) is 18.1 Å². The van der Waals surface area contributed by atoms with Gasteiger partial charge in [-0.25, -0.2) is 0 Å². The minimum absolute atomic E-state index is 0. The van der Waals surface area contributed by atoms with Crippen LogP contribution in [0.5, 0.6) is 0 Å². The summed E-state index contributed by atoms with van der Waals surface area (Å²) < 4.78 is 5.28. The van der Waals surface area contributed by atoms with Crippen molar-refractivity contribution in [3.8, 4) is 0 Å². The van der Waals surface area contributed by atoms with Crippen molar-refractivity contribution in [3.63, 3.8) is 0 Å². The van der Waals surface area contributed by atoms with Gasteiger partial charge in [0.15, 0.2) is 0 Å². The normalized spacial score (nSPS) is 17.9. The van der Waals surface area contributed by atoms with Crippen LogP contribution in [0.15, 0.2) is 24.3 Å². The van der Waals surface area contributed by atoms with E-state index in [0.29, 0.717) is 13.2 Å². The van der Waals surface area contributed by atoms with Crippen molar-refractivity contribution in [2.45, 2.75) is 32.4 Å². The molecule has 0 bridgehead atoms. The maximum absolute atomic E-state index is 12.6. The average molecular weight is 343 g/mol. The Morgan fingerprint density at radius 2 is 1.96 bits per heavy atom. The first-order valence-electron chi connectivity index (χ1n) is 7.82. The van der Waals surface area contributed by atoms with Crippen LogP contribution >= 0.6 is 12.4 Å². The van der Waals surface area contributed by atoms with Crippen LogP contribution in [0.1, 0.15) is 37.0 Å². The lowest BCUT2D eigenvalue weighted by Gasteiger charge is -2.35. The first-order valence-corrected chi connectivity index (χ1v) is 7.82. The van der Waals surface area contributed by atoms with Gasteiger partial charge in [0, 0.05) is 13.7 Å². The Labute approximate surface area is 144 Å². The Morgan fingerprint density at radius 1 is 1.35 bits per heavy atom. The molecule has 1 aromatic carbocycles. The Balaban J connectivity index is 0.00000264. The van der Waals surface area contributed by atoms with E-state index in [1.54, 1.807) is 14.0 Å². The fourth-order valence-electron chi connectivity index (χ4n) is 2.90. The number of halogens is 1. The average Bonchev–Trinajstić information content (AvgIpc) is 2.54. The molecule has 0 spiro atoms. The molecule has 0 radical (unpaired) electrons. The third-order valence-electron chi connectivity index (χ3n) is 4.38. The molecule has 3 N–H and O–H groups in total. The zero-order valence-corrected chi connectivity index (χ0v) is 14.6. The minimum atomic E-state index is -0.469. The molecule has 130 valence electrons. The van der Waals surface area contributed by atoms with E-state index in [4.69, 9.17) is 4.74 Å². The molecule has 1 amide bonds. The molecule has 1 unspecified atom stereocenters. The van der Waals surface area contributed by atoms with E-state index in [1.165, 1.54) is 0 Å². The predicted molar refractivity (Wildman–Crippen MR) is 92.6 cm³/mol. The number of benzene rings is 1. The van der Waals surface area contributed by atoms with Crippen molar-refractivity contribution in [2.24, 2.45) is 5.41 Å². The predicted octanol–water partition coefficient (Wildman–Crippen LogP) is 1.79. The Morgan fingerprint density at radius 3 is 2.48 bits per heavy atom. The van der Waals surface area contributed by atoms with Crippen molar-refractivity contribution in [3.05, 3.63) is 35.4 Å². The van der Waals surface area contributed by atoms with Crippen LogP contribution in [-0.4, -0.2) is 37.8 Å². The number of hydrogen-bond acceptors (Lipinski definition) is 4. The second-order valence-electron chi connectivity index (χ2n) is 6.06. The lowest BCUT2D eigenvalue weighted by molar-refractivity contribution is -0.136. The van der Waals surface area contributed by atoms with Crippen LogP contribution in [0.4, 0.5) is 0 Å². The smallest absolute Gasteiger partial charge is 0.228 e. The van der Waals surface area contributed by atoms with Gasteiger partial charge < -0.3 is 20.5 Å². The summed E-state index contributed by atoms with van der Waals surface area (Å²) in [5, 5.41) is 15.8. The van der Waals surface area contributed by atoms with Crippen LogP contribution in [0.2, 0.25) is 0 Å². The molecule has 5 nitrogen and oxygen atoms in total. The summed E-state index contributed by atoms with van der Waals surface area (Å²) in [6, 6.07) is 7.66. The topological polar surface area (TPSA) is 70.6 Å². The largest absolute Gasteiger partial charge is 0.389 e. The van der Waals surface area contributed by atoms with E-state index in [-0.39, 0.29) is 18.3 Å². The number of ether oxygens (including phenoxy) is 1. The van der Waals surface area contributed by atoms with Gasteiger partial charge in [-0.2, -0.15) is 0 Å². The van der Waals surface area contributed by atoms with Crippen molar-refractivity contribution in [1.82, 2.24) is 10.6 Å². The quantitative estimate of drug-likeness (QED) is 0.737. The molecule has 0 saturated carbocycles. The summed E-state index contributed by atoms with van der Waals surface area (Å²) in [6.07, 6.45) is 1.13. The van der Waals surface area contributed by atoms with Crippen LogP contribution in [-0.2, 0) is 16.1 Å². The molecule has 1 saturated heterocycles. The second-order valence-corrected chi connectivity index (χ2v) is 6.06. The van der Waals surface area contributed by atoms with E-state index in [9.17, 15) is 9.90 Å². The minimum Gasteiger partial charge on any atom is -0.389 e.